The minimum Gasteiger partial charge on any atom is -0.496 e. The van der Waals surface area contributed by atoms with Crippen molar-refractivity contribution in [3.63, 3.8) is 0 Å². The van der Waals surface area contributed by atoms with Gasteiger partial charge >= 0.3 is 0 Å². The lowest BCUT2D eigenvalue weighted by molar-refractivity contribution is 0.411. The SMILES string of the molecule is COc1ccc(C(N)c2cc(C)c(C)cc2C)cc1C. The molecule has 2 N–H and O–H groups in total. The van der Waals surface area contributed by atoms with Crippen molar-refractivity contribution in [2.75, 3.05) is 7.11 Å². The highest BCUT2D eigenvalue weighted by molar-refractivity contribution is 5.45. The summed E-state index contributed by atoms with van der Waals surface area (Å²) in [7, 11) is 1.69. The first kappa shape index (κ1) is 14.6. The van der Waals surface area contributed by atoms with Crippen LogP contribution in [0.4, 0.5) is 0 Å². The Morgan fingerprint density at radius 2 is 1.50 bits per heavy atom. The second-order valence-corrected chi connectivity index (χ2v) is 5.50. The van der Waals surface area contributed by atoms with Crippen molar-refractivity contribution in [1.82, 2.24) is 0 Å². The predicted octanol–water partition coefficient (Wildman–Crippen LogP) is 3.98. The van der Waals surface area contributed by atoms with E-state index in [1.54, 1.807) is 7.11 Å². The molecular formula is C18H23NO. The van der Waals surface area contributed by atoms with Gasteiger partial charge in [0, 0.05) is 0 Å². The molecule has 0 aliphatic heterocycles. The average molecular weight is 269 g/mol. The highest BCUT2D eigenvalue weighted by Gasteiger charge is 2.14. The molecule has 0 saturated carbocycles. The Morgan fingerprint density at radius 1 is 0.850 bits per heavy atom. The number of ether oxygens (including phenoxy) is 1. The molecule has 2 rings (SSSR count). The normalized spacial score (nSPS) is 12.3. The molecule has 0 aromatic heterocycles. The summed E-state index contributed by atoms with van der Waals surface area (Å²) in [6.45, 7) is 8.43. The molecule has 20 heavy (non-hydrogen) atoms. The lowest BCUT2D eigenvalue weighted by atomic mass is 9.91. The molecule has 0 bridgehead atoms. The van der Waals surface area contributed by atoms with Crippen molar-refractivity contribution < 1.29 is 4.74 Å². The molecule has 2 nitrogen and oxygen atoms in total. The lowest BCUT2D eigenvalue weighted by Crippen LogP contribution is -2.14. The molecule has 0 aliphatic rings. The Balaban J connectivity index is 2.43. The number of hydrogen-bond donors (Lipinski definition) is 1. The van der Waals surface area contributed by atoms with Crippen molar-refractivity contribution in [2.45, 2.75) is 33.7 Å². The van der Waals surface area contributed by atoms with E-state index in [4.69, 9.17) is 10.5 Å². The minimum absolute atomic E-state index is 0.0982. The maximum absolute atomic E-state index is 6.46. The third kappa shape index (κ3) is 2.70. The smallest absolute Gasteiger partial charge is 0.121 e. The van der Waals surface area contributed by atoms with Gasteiger partial charge in [-0.1, -0.05) is 24.3 Å². The van der Waals surface area contributed by atoms with Crippen LogP contribution in [0.15, 0.2) is 30.3 Å². The maximum Gasteiger partial charge on any atom is 0.121 e. The van der Waals surface area contributed by atoms with Gasteiger partial charge in [-0.15, -0.1) is 0 Å². The summed E-state index contributed by atoms with van der Waals surface area (Å²) in [5.41, 5.74) is 13.7. The third-order valence-electron chi connectivity index (χ3n) is 4.00. The zero-order chi connectivity index (χ0) is 14.9. The average Bonchev–Trinajstić information content (AvgIpc) is 2.42. The fraction of sp³-hybridized carbons (Fsp3) is 0.333. The van der Waals surface area contributed by atoms with E-state index in [-0.39, 0.29) is 6.04 Å². The van der Waals surface area contributed by atoms with Gasteiger partial charge in [0.1, 0.15) is 5.75 Å². The standard InChI is InChI=1S/C18H23NO/c1-11-8-13(3)16(10-12(11)2)18(19)15-6-7-17(20-5)14(4)9-15/h6-10,18H,19H2,1-5H3. The zero-order valence-electron chi connectivity index (χ0n) is 12.9. The van der Waals surface area contributed by atoms with Gasteiger partial charge in [-0.05, 0) is 67.1 Å². The molecule has 0 heterocycles. The van der Waals surface area contributed by atoms with Crippen LogP contribution in [0.1, 0.15) is 39.4 Å². The van der Waals surface area contributed by atoms with Crippen molar-refractivity contribution in [3.05, 3.63) is 63.7 Å². The molecule has 0 saturated heterocycles. The topological polar surface area (TPSA) is 35.2 Å². The Labute approximate surface area is 121 Å². The largest absolute Gasteiger partial charge is 0.496 e. The molecule has 0 amide bonds. The summed E-state index contributed by atoms with van der Waals surface area (Å²) in [6, 6.07) is 10.5. The second kappa shape index (κ2) is 5.68. The molecule has 2 aromatic rings. The first-order valence-electron chi connectivity index (χ1n) is 6.92. The van der Waals surface area contributed by atoms with E-state index < -0.39 is 0 Å². The minimum atomic E-state index is -0.0982. The van der Waals surface area contributed by atoms with E-state index in [9.17, 15) is 0 Å². The van der Waals surface area contributed by atoms with Crippen molar-refractivity contribution in [2.24, 2.45) is 5.73 Å². The van der Waals surface area contributed by atoms with Crippen LogP contribution >= 0.6 is 0 Å². The van der Waals surface area contributed by atoms with Gasteiger partial charge in [0.2, 0.25) is 0 Å². The fourth-order valence-electron chi connectivity index (χ4n) is 2.59. The van der Waals surface area contributed by atoms with Gasteiger partial charge in [-0.25, -0.2) is 0 Å². The molecule has 0 spiro atoms. The Hall–Kier alpha value is -1.80. The van der Waals surface area contributed by atoms with Gasteiger partial charge in [-0.3, -0.25) is 0 Å². The molecule has 0 radical (unpaired) electrons. The lowest BCUT2D eigenvalue weighted by Gasteiger charge is -2.18. The molecule has 2 heteroatoms. The van der Waals surface area contributed by atoms with Crippen LogP contribution in [0.2, 0.25) is 0 Å². The fourth-order valence-corrected chi connectivity index (χ4v) is 2.59. The Morgan fingerprint density at radius 3 is 2.10 bits per heavy atom. The number of aryl methyl sites for hydroxylation is 4. The van der Waals surface area contributed by atoms with Crippen molar-refractivity contribution in [1.29, 1.82) is 0 Å². The summed E-state index contributed by atoms with van der Waals surface area (Å²) >= 11 is 0. The van der Waals surface area contributed by atoms with E-state index in [0.717, 1.165) is 16.9 Å². The molecular weight excluding hydrogens is 246 g/mol. The number of hydrogen-bond acceptors (Lipinski definition) is 2. The van der Waals surface area contributed by atoms with Crippen LogP contribution < -0.4 is 10.5 Å². The van der Waals surface area contributed by atoms with Crippen LogP contribution in [0.25, 0.3) is 0 Å². The first-order valence-corrected chi connectivity index (χ1v) is 6.92. The summed E-state index contributed by atoms with van der Waals surface area (Å²) in [5, 5.41) is 0. The highest BCUT2D eigenvalue weighted by atomic mass is 16.5. The molecule has 0 aliphatic carbocycles. The summed E-state index contributed by atoms with van der Waals surface area (Å²) < 4.78 is 5.30. The molecule has 106 valence electrons. The molecule has 1 atom stereocenters. The number of methoxy groups -OCH3 is 1. The van der Waals surface area contributed by atoms with E-state index >= 15 is 0 Å². The van der Waals surface area contributed by atoms with Crippen LogP contribution in [0.3, 0.4) is 0 Å². The van der Waals surface area contributed by atoms with E-state index in [2.05, 4.69) is 39.0 Å². The van der Waals surface area contributed by atoms with Crippen LogP contribution in [-0.2, 0) is 0 Å². The number of nitrogens with two attached hydrogens (primary N) is 1. The van der Waals surface area contributed by atoms with Crippen LogP contribution in [0, 0.1) is 27.7 Å². The van der Waals surface area contributed by atoms with Gasteiger partial charge < -0.3 is 10.5 Å². The van der Waals surface area contributed by atoms with Crippen LogP contribution in [0.5, 0.6) is 5.75 Å². The quantitative estimate of drug-likeness (QED) is 0.914. The van der Waals surface area contributed by atoms with Crippen LogP contribution in [-0.4, -0.2) is 7.11 Å². The monoisotopic (exact) mass is 269 g/mol. The zero-order valence-corrected chi connectivity index (χ0v) is 12.9. The van der Waals surface area contributed by atoms with E-state index in [1.165, 1.54) is 22.3 Å². The molecule has 0 fully saturated rings. The predicted molar refractivity (Wildman–Crippen MR) is 84.4 cm³/mol. The highest BCUT2D eigenvalue weighted by Crippen LogP contribution is 2.28. The Bertz CT molecular complexity index is 632. The number of benzene rings is 2. The second-order valence-electron chi connectivity index (χ2n) is 5.50. The van der Waals surface area contributed by atoms with E-state index in [0.29, 0.717) is 0 Å². The summed E-state index contributed by atoms with van der Waals surface area (Å²) in [4.78, 5) is 0. The third-order valence-corrected chi connectivity index (χ3v) is 4.00. The van der Waals surface area contributed by atoms with Crippen molar-refractivity contribution >= 4 is 0 Å². The summed E-state index contributed by atoms with van der Waals surface area (Å²) in [6.07, 6.45) is 0. The molecule has 1 unspecified atom stereocenters. The Kier molecular flexibility index (Phi) is 4.15. The van der Waals surface area contributed by atoms with Gasteiger partial charge in [0.05, 0.1) is 13.2 Å². The van der Waals surface area contributed by atoms with Crippen molar-refractivity contribution in [3.8, 4) is 5.75 Å². The van der Waals surface area contributed by atoms with Gasteiger partial charge in [0.15, 0.2) is 0 Å². The summed E-state index contributed by atoms with van der Waals surface area (Å²) in [5.74, 6) is 0.901. The number of rotatable bonds is 3. The van der Waals surface area contributed by atoms with Gasteiger partial charge in [0.25, 0.3) is 0 Å². The van der Waals surface area contributed by atoms with Gasteiger partial charge in [-0.2, -0.15) is 0 Å². The van der Waals surface area contributed by atoms with E-state index in [1.807, 2.05) is 19.1 Å². The maximum atomic E-state index is 6.46. The first-order chi connectivity index (χ1) is 9.43. The molecule has 2 aromatic carbocycles.